The summed E-state index contributed by atoms with van der Waals surface area (Å²) in [4.78, 5) is 27.2. The van der Waals surface area contributed by atoms with Crippen LogP contribution in [0.1, 0.15) is 28.6 Å². The van der Waals surface area contributed by atoms with Crippen LogP contribution < -0.4 is 10.1 Å². The highest BCUT2D eigenvalue weighted by Crippen LogP contribution is 2.34. The number of hydrogen-bond donors (Lipinski definition) is 1. The van der Waals surface area contributed by atoms with E-state index in [4.69, 9.17) is 9.15 Å². The number of rotatable bonds is 8. The Morgan fingerprint density at radius 2 is 1.61 bits per heavy atom. The zero-order valence-corrected chi connectivity index (χ0v) is 19.3. The Labute approximate surface area is 205 Å². The molecular weight excluding hydrogens is 473 g/mol. The van der Waals surface area contributed by atoms with Gasteiger partial charge < -0.3 is 19.4 Å². The fraction of sp³-hybridized carbons (Fsp3) is 0.185. The second kappa shape index (κ2) is 10.6. The van der Waals surface area contributed by atoms with Gasteiger partial charge in [-0.3, -0.25) is 9.59 Å². The summed E-state index contributed by atoms with van der Waals surface area (Å²) < 4.78 is 51.5. The summed E-state index contributed by atoms with van der Waals surface area (Å²) in [6, 6.07) is 20.8. The topological polar surface area (TPSA) is 71.8 Å². The molecule has 1 heterocycles. The number of anilines is 1. The number of furan rings is 1. The van der Waals surface area contributed by atoms with Crippen LogP contribution in [0.4, 0.5) is 18.9 Å². The third kappa shape index (κ3) is 5.51. The number of hydrogen-bond acceptors (Lipinski definition) is 4. The van der Waals surface area contributed by atoms with E-state index in [0.717, 1.165) is 12.1 Å². The molecule has 0 saturated heterocycles. The maximum atomic E-state index is 13.4. The van der Waals surface area contributed by atoms with E-state index in [1.165, 1.54) is 17.0 Å². The lowest BCUT2D eigenvalue weighted by atomic mass is 10.1. The van der Waals surface area contributed by atoms with E-state index in [9.17, 15) is 22.8 Å². The van der Waals surface area contributed by atoms with Gasteiger partial charge in [-0.1, -0.05) is 48.5 Å². The Hall–Kier alpha value is -4.27. The van der Waals surface area contributed by atoms with E-state index in [-0.39, 0.29) is 24.6 Å². The van der Waals surface area contributed by atoms with E-state index in [0.29, 0.717) is 22.3 Å². The third-order valence-corrected chi connectivity index (χ3v) is 5.53. The molecule has 0 radical (unpaired) electrons. The van der Waals surface area contributed by atoms with Crippen molar-refractivity contribution in [1.29, 1.82) is 0 Å². The van der Waals surface area contributed by atoms with Crippen LogP contribution in [0.15, 0.2) is 83.3 Å². The molecule has 2 amide bonds. The number of likely N-dealkylation sites (N-methyl/N-ethyl adjacent to an activating group) is 1. The number of carbonyl (C=O) groups excluding carboxylic acids is 2. The van der Waals surface area contributed by atoms with Crippen molar-refractivity contribution in [3.63, 3.8) is 0 Å². The van der Waals surface area contributed by atoms with Crippen LogP contribution in [0.3, 0.4) is 0 Å². The second-order valence-corrected chi connectivity index (χ2v) is 7.92. The quantitative estimate of drug-likeness (QED) is 0.319. The number of alkyl halides is 3. The molecule has 186 valence electrons. The predicted molar refractivity (Wildman–Crippen MR) is 129 cm³/mol. The summed E-state index contributed by atoms with van der Waals surface area (Å²) in [7, 11) is 0. The number of fused-ring (bicyclic) bond motifs is 1. The molecule has 0 aliphatic carbocycles. The lowest BCUT2D eigenvalue weighted by molar-refractivity contribution is -0.137. The smallest absolute Gasteiger partial charge is 0.418 e. The molecule has 1 N–H and O–H groups in total. The predicted octanol–water partition coefficient (Wildman–Crippen LogP) is 6.13. The lowest BCUT2D eigenvalue weighted by Crippen LogP contribution is -2.38. The summed E-state index contributed by atoms with van der Waals surface area (Å²) in [6.45, 7) is 1.38. The molecule has 1 aromatic heterocycles. The summed E-state index contributed by atoms with van der Waals surface area (Å²) in [5.74, 6) is -0.714. The molecule has 0 aliphatic rings. The minimum Gasteiger partial charge on any atom is -0.489 e. The number of nitrogens with one attached hydrogen (secondary N) is 1. The van der Waals surface area contributed by atoms with Crippen LogP contribution in [-0.4, -0.2) is 29.8 Å². The van der Waals surface area contributed by atoms with Gasteiger partial charge in [0.05, 0.1) is 11.3 Å². The van der Waals surface area contributed by atoms with Crippen molar-refractivity contribution in [2.24, 2.45) is 0 Å². The van der Waals surface area contributed by atoms with Crippen molar-refractivity contribution in [2.75, 3.05) is 18.4 Å². The second-order valence-electron chi connectivity index (χ2n) is 7.92. The van der Waals surface area contributed by atoms with Gasteiger partial charge in [-0.05, 0) is 37.3 Å². The number of nitrogens with zero attached hydrogens (tertiary/aromatic N) is 1. The first kappa shape index (κ1) is 24.8. The van der Waals surface area contributed by atoms with E-state index in [1.807, 2.05) is 18.2 Å². The Morgan fingerprint density at radius 1 is 0.944 bits per heavy atom. The Morgan fingerprint density at radius 3 is 2.33 bits per heavy atom. The fourth-order valence-corrected chi connectivity index (χ4v) is 3.76. The molecule has 0 unspecified atom stereocenters. The summed E-state index contributed by atoms with van der Waals surface area (Å²) in [6.07, 6.45) is -4.63. The number of amides is 2. The van der Waals surface area contributed by atoms with Crippen molar-refractivity contribution in [3.05, 3.63) is 95.7 Å². The molecule has 6 nitrogen and oxygen atoms in total. The van der Waals surface area contributed by atoms with Crippen LogP contribution in [0.5, 0.6) is 5.75 Å². The van der Waals surface area contributed by atoms with Crippen LogP contribution in [0.2, 0.25) is 0 Å². The maximum absolute atomic E-state index is 13.4. The molecule has 36 heavy (non-hydrogen) atoms. The van der Waals surface area contributed by atoms with Crippen molar-refractivity contribution in [3.8, 4) is 5.75 Å². The van der Waals surface area contributed by atoms with E-state index >= 15 is 0 Å². The largest absolute Gasteiger partial charge is 0.489 e. The molecular formula is C27H23F3N2O4. The van der Waals surface area contributed by atoms with Gasteiger partial charge in [-0.25, -0.2) is 0 Å². The molecule has 9 heteroatoms. The van der Waals surface area contributed by atoms with Gasteiger partial charge in [0.15, 0.2) is 5.76 Å². The summed E-state index contributed by atoms with van der Waals surface area (Å²) in [5.41, 5.74) is -0.350. The monoisotopic (exact) mass is 496 g/mol. The third-order valence-electron chi connectivity index (χ3n) is 5.53. The molecule has 0 atom stereocenters. The Balaban J connectivity index is 1.56. The van der Waals surface area contributed by atoms with Crippen LogP contribution >= 0.6 is 0 Å². The average Bonchev–Trinajstić information content (AvgIpc) is 3.24. The number of para-hydroxylation sites is 3. The van der Waals surface area contributed by atoms with Crippen molar-refractivity contribution in [1.82, 2.24) is 4.90 Å². The number of carbonyl (C=O) groups is 2. The zero-order valence-electron chi connectivity index (χ0n) is 19.3. The molecule has 0 aliphatic heterocycles. The molecule has 0 fully saturated rings. The number of benzene rings is 3. The number of ether oxygens (including phenoxy) is 1. The fourth-order valence-electron chi connectivity index (χ4n) is 3.76. The Kier molecular flexibility index (Phi) is 7.28. The van der Waals surface area contributed by atoms with Crippen molar-refractivity contribution >= 4 is 28.5 Å². The standard InChI is InChI=1S/C27H23F3N2O4/c1-2-32(16-24(33)31-22-14-8-7-13-21(22)27(28,29)30)26(34)25-20(17-35-18-10-4-3-5-11-18)19-12-6-9-15-23(19)36-25/h3-15H,2,16-17H2,1H3,(H,31,33). The highest BCUT2D eigenvalue weighted by molar-refractivity contribution is 6.02. The van der Waals surface area contributed by atoms with Gasteiger partial charge in [0, 0.05) is 17.5 Å². The van der Waals surface area contributed by atoms with E-state index in [1.54, 1.807) is 43.3 Å². The normalized spacial score (nSPS) is 11.3. The van der Waals surface area contributed by atoms with E-state index < -0.39 is 30.1 Å². The SMILES string of the molecule is CCN(CC(=O)Nc1ccccc1C(F)(F)F)C(=O)c1oc2ccccc2c1COc1ccccc1. The summed E-state index contributed by atoms with van der Waals surface area (Å²) in [5, 5.41) is 2.96. The van der Waals surface area contributed by atoms with Crippen LogP contribution in [-0.2, 0) is 17.6 Å². The maximum Gasteiger partial charge on any atom is 0.418 e. The van der Waals surface area contributed by atoms with E-state index in [2.05, 4.69) is 5.32 Å². The van der Waals surface area contributed by atoms with Crippen molar-refractivity contribution in [2.45, 2.75) is 19.7 Å². The van der Waals surface area contributed by atoms with Gasteiger partial charge >= 0.3 is 6.18 Å². The lowest BCUT2D eigenvalue weighted by Gasteiger charge is -2.21. The van der Waals surface area contributed by atoms with Gasteiger partial charge in [0.1, 0.15) is 24.5 Å². The highest BCUT2D eigenvalue weighted by atomic mass is 19.4. The first-order chi connectivity index (χ1) is 17.3. The van der Waals surface area contributed by atoms with Crippen molar-refractivity contribution < 1.29 is 31.9 Å². The van der Waals surface area contributed by atoms with Gasteiger partial charge in [-0.15, -0.1) is 0 Å². The molecule has 4 aromatic rings. The van der Waals surface area contributed by atoms with Gasteiger partial charge in [0.25, 0.3) is 5.91 Å². The Bertz CT molecular complexity index is 1370. The minimum absolute atomic E-state index is 0.0115. The molecule has 0 spiro atoms. The highest BCUT2D eigenvalue weighted by Gasteiger charge is 2.34. The molecule has 0 bridgehead atoms. The molecule has 4 rings (SSSR count). The first-order valence-corrected chi connectivity index (χ1v) is 11.2. The minimum atomic E-state index is -4.63. The molecule has 0 saturated carbocycles. The van der Waals surface area contributed by atoms with Gasteiger partial charge in [0.2, 0.25) is 5.91 Å². The zero-order chi connectivity index (χ0) is 25.7. The average molecular weight is 496 g/mol. The van der Waals surface area contributed by atoms with Crippen LogP contribution in [0, 0.1) is 0 Å². The first-order valence-electron chi connectivity index (χ1n) is 11.2. The molecule has 3 aromatic carbocycles. The van der Waals surface area contributed by atoms with Gasteiger partial charge in [-0.2, -0.15) is 13.2 Å². The summed E-state index contributed by atoms with van der Waals surface area (Å²) >= 11 is 0. The number of halogens is 3. The van der Waals surface area contributed by atoms with Crippen LogP contribution in [0.25, 0.3) is 11.0 Å².